The zero-order valence-electron chi connectivity index (χ0n) is 16.7. The molecule has 2 N–H and O–H groups in total. The second-order valence-corrected chi connectivity index (χ2v) is 6.67. The number of halogens is 1. The van der Waals surface area contributed by atoms with Gasteiger partial charge in [-0.15, -0.1) is 24.0 Å². The highest BCUT2D eigenvalue weighted by molar-refractivity contribution is 14.0. The number of benzene rings is 2. The van der Waals surface area contributed by atoms with Crippen LogP contribution in [0, 0.1) is 6.92 Å². The van der Waals surface area contributed by atoms with E-state index in [2.05, 4.69) is 80.6 Å². The van der Waals surface area contributed by atoms with Crippen LogP contribution in [0.3, 0.4) is 0 Å². The molecule has 1 aromatic heterocycles. The van der Waals surface area contributed by atoms with Gasteiger partial charge < -0.3 is 15.2 Å². The third-order valence-corrected chi connectivity index (χ3v) is 4.70. The van der Waals surface area contributed by atoms with Gasteiger partial charge in [0.05, 0.1) is 11.0 Å². The van der Waals surface area contributed by atoms with Crippen molar-refractivity contribution >= 4 is 41.0 Å². The maximum Gasteiger partial charge on any atom is 0.190 e. The molecule has 5 nitrogen and oxygen atoms in total. The fourth-order valence-electron chi connectivity index (χ4n) is 3.29. The molecule has 0 amide bonds. The Labute approximate surface area is 184 Å². The van der Waals surface area contributed by atoms with Gasteiger partial charge in [-0.25, -0.2) is 4.98 Å². The van der Waals surface area contributed by atoms with Crippen molar-refractivity contribution < 1.29 is 0 Å². The van der Waals surface area contributed by atoms with Crippen molar-refractivity contribution in [3.8, 4) is 0 Å². The highest BCUT2D eigenvalue weighted by Crippen LogP contribution is 2.15. The summed E-state index contributed by atoms with van der Waals surface area (Å²) in [5.74, 6) is 1.94. The van der Waals surface area contributed by atoms with E-state index in [0.717, 1.165) is 56.2 Å². The Kier molecular flexibility index (Phi) is 9.27. The Morgan fingerprint density at radius 2 is 1.64 bits per heavy atom. The molecule has 2 aromatic carbocycles. The molecular weight excluding hydrogens is 461 g/mol. The van der Waals surface area contributed by atoms with Gasteiger partial charge in [0, 0.05) is 26.7 Å². The van der Waals surface area contributed by atoms with E-state index in [1.165, 1.54) is 11.1 Å². The molecule has 0 saturated heterocycles. The average Bonchev–Trinajstić information content (AvgIpc) is 3.02. The maximum atomic E-state index is 4.62. The van der Waals surface area contributed by atoms with Gasteiger partial charge in [-0.2, -0.15) is 0 Å². The minimum Gasteiger partial charge on any atom is -0.356 e. The molecule has 0 atom stereocenters. The molecule has 0 aliphatic heterocycles. The number of hydrogen-bond donors (Lipinski definition) is 2. The molecule has 0 fully saturated rings. The number of guanidine groups is 1. The number of aliphatic imine (C=N–C) groups is 1. The second-order valence-electron chi connectivity index (χ2n) is 6.67. The normalized spacial score (nSPS) is 11.3. The Morgan fingerprint density at radius 1 is 0.964 bits per heavy atom. The third-order valence-electron chi connectivity index (χ3n) is 4.70. The molecule has 0 unspecified atom stereocenters. The molecule has 0 aliphatic rings. The number of imidazole rings is 1. The molecule has 0 aliphatic carbocycles. The molecule has 0 bridgehead atoms. The van der Waals surface area contributed by atoms with E-state index in [0.29, 0.717) is 0 Å². The molecule has 3 aromatic rings. The van der Waals surface area contributed by atoms with E-state index in [1.54, 1.807) is 0 Å². The number of nitrogens with zero attached hydrogens (tertiary/aromatic N) is 3. The van der Waals surface area contributed by atoms with Gasteiger partial charge in [0.1, 0.15) is 5.82 Å². The number of nitrogens with one attached hydrogen (secondary N) is 2. The zero-order valence-corrected chi connectivity index (χ0v) is 19.0. The van der Waals surface area contributed by atoms with E-state index >= 15 is 0 Å². The molecule has 3 rings (SSSR count). The monoisotopic (exact) mass is 491 g/mol. The van der Waals surface area contributed by atoms with Crippen molar-refractivity contribution in [3.05, 3.63) is 66.0 Å². The van der Waals surface area contributed by atoms with Crippen LogP contribution in [0.1, 0.15) is 24.2 Å². The molecular formula is C22H30IN5. The first-order valence-corrected chi connectivity index (χ1v) is 9.68. The number of rotatable bonds is 8. The van der Waals surface area contributed by atoms with Crippen LogP contribution in [-0.4, -0.2) is 35.6 Å². The van der Waals surface area contributed by atoms with Gasteiger partial charge in [0.25, 0.3) is 0 Å². The first-order chi connectivity index (χ1) is 13.3. The molecule has 6 heteroatoms. The van der Waals surface area contributed by atoms with Crippen molar-refractivity contribution in [2.24, 2.45) is 4.99 Å². The first-order valence-electron chi connectivity index (χ1n) is 9.68. The number of aromatic nitrogens is 2. The lowest BCUT2D eigenvalue weighted by Gasteiger charge is -2.12. The van der Waals surface area contributed by atoms with Crippen molar-refractivity contribution in [2.45, 2.75) is 32.7 Å². The topological polar surface area (TPSA) is 54.2 Å². The summed E-state index contributed by atoms with van der Waals surface area (Å²) >= 11 is 0. The van der Waals surface area contributed by atoms with Crippen LogP contribution in [0.4, 0.5) is 0 Å². The van der Waals surface area contributed by atoms with Gasteiger partial charge in [0.15, 0.2) is 5.96 Å². The summed E-state index contributed by atoms with van der Waals surface area (Å²) in [5.41, 5.74) is 3.66. The van der Waals surface area contributed by atoms with E-state index in [4.69, 9.17) is 0 Å². The average molecular weight is 491 g/mol. The predicted molar refractivity (Wildman–Crippen MR) is 129 cm³/mol. The van der Waals surface area contributed by atoms with Gasteiger partial charge in [-0.1, -0.05) is 42.5 Å². The van der Waals surface area contributed by atoms with Gasteiger partial charge >= 0.3 is 0 Å². The van der Waals surface area contributed by atoms with Crippen molar-refractivity contribution in [3.63, 3.8) is 0 Å². The summed E-state index contributed by atoms with van der Waals surface area (Å²) in [5, 5.41) is 6.80. The Bertz CT molecular complexity index is 873. The van der Waals surface area contributed by atoms with Crippen LogP contribution in [0.15, 0.2) is 59.6 Å². The quantitative estimate of drug-likeness (QED) is 0.216. The first kappa shape index (κ1) is 22.2. The fourth-order valence-corrected chi connectivity index (χ4v) is 3.29. The van der Waals surface area contributed by atoms with Crippen molar-refractivity contribution in [1.82, 2.24) is 20.2 Å². The number of para-hydroxylation sites is 2. The SMILES string of the molecule is CN=C(NCCCc1ccccc1)NCCCn1c(C)nc2ccccc21.I. The predicted octanol–water partition coefficient (Wildman–Crippen LogP) is 4.15. The highest BCUT2D eigenvalue weighted by Gasteiger charge is 2.06. The van der Waals surface area contributed by atoms with Gasteiger partial charge in [-0.3, -0.25) is 4.99 Å². The fraction of sp³-hybridized carbons (Fsp3) is 0.364. The third kappa shape index (κ3) is 6.22. The summed E-state index contributed by atoms with van der Waals surface area (Å²) in [6.45, 7) is 4.81. The lowest BCUT2D eigenvalue weighted by Crippen LogP contribution is -2.38. The van der Waals surface area contributed by atoms with Crippen LogP contribution in [0.5, 0.6) is 0 Å². The molecule has 0 spiro atoms. The second kappa shape index (κ2) is 11.7. The highest BCUT2D eigenvalue weighted by atomic mass is 127. The standard InChI is InChI=1S/C22H29N5.HI/c1-18-26-20-13-6-7-14-21(20)27(18)17-9-16-25-22(23-2)24-15-8-12-19-10-4-3-5-11-19;/h3-7,10-11,13-14H,8-9,12,15-17H2,1-2H3,(H2,23,24,25);1H. The molecule has 0 saturated carbocycles. The molecule has 150 valence electrons. The van der Waals surface area contributed by atoms with Crippen molar-refractivity contribution in [1.29, 1.82) is 0 Å². The van der Waals surface area contributed by atoms with Gasteiger partial charge in [0.2, 0.25) is 0 Å². The largest absolute Gasteiger partial charge is 0.356 e. The van der Waals surface area contributed by atoms with Crippen LogP contribution < -0.4 is 10.6 Å². The minimum atomic E-state index is 0. The Hall–Kier alpha value is -2.09. The van der Waals surface area contributed by atoms with Crippen LogP contribution >= 0.6 is 24.0 Å². The summed E-state index contributed by atoms with van der Waals surface area (Å²) in [6, 6.07) is 18.9. The summed E-state index contributed by atoms with van der Waals surface area (Å²) in [6.07, 6.45) is 3.19. The summed E-state index contributed by atoms with van der Waals surface area (Å²) < 4.78 is 2.28. The number of aryl methyl sites for hydroxylation is 3. The summed E-state index contributed by atoms with van der Waals surface area (Å²) in [7, 11) is 1.82. The molecule has 0 radical (unpaired) electrons. The van der Waals surface area contributed by atoms with E-state index < -0.39 is 0 Å². The number of hydrogen-bond acceptors (Lipinski definition) is 2. The van der Waals surface area contributed by atoms with Crippen LogP contribution in [0.2, 0.25) is 0 Å². The van der Waals surface area contributed by atoms with Crippen LogP contribution in [-0.2, 0) is 13.0 Å². The molecule has 1 heterocycles. The van der Waals surface area contributed by atoms with E-state index in [-0.39, 0.29) is 24.0 Å². The van der Waals surface area contributed by atoms with E-state index in [9.17, 15) is 0 Å². The van der Waals surface area contributed by atoms with Crippen LogP contribution in [0.25, 0.3) is 11.0 Å². The molecule has 28 heavy (non-hydrogen) atoms. The smallest absolute Gasteiger partial charge is 0.190 e. The Morgan fingerprint density at radius 3 is 2.39 bits per heavy atom. The lowest BCUT2D eigenvalue weighted by molar-refractivity contribution is 0.623. The van der Waals surface area contributed by atoms with Crippen molar-refractivity contribution in [2.75, 3.05) is 20.1 Å². The summed E-state index contributed by atoms with van der Waals surface area (Å²) in [4.78, 5) is 8.93. The number of fused-ring (bicyclic) bond motifs is 1. The van der Waals surface area contributed by atoms with Gasteiger partial charge in [-0.05, 0) is 43.9 Å². The minimum absolute atomic E-state index is 0. The maximum absolute atomic E-state index is 4.62. The lowest BCUT2D eigenvalue weighted by atomic mass is 10.1. The zero-order chi connectivity index (χ0) is 18.9. The van der Waals surface area contributed by atoms with E-state index in [1.807, 2.05) is 13.1 Å². The Balaban J connectivity index is 0.00000280.